The number of nitrogens with zero attached hydrogens (tertiary/aromatic N) is 7. The van der Waals surface area contributed by atoms with Crippen LogP contribution in [0.25, 0.3) is 5.69 Å². The summed E-state index contributed by atoms with van der Waals surface area (Å²) in [6.07, 6.45) is 7.60. The minimum atomic E-state index is -0.793. The van der Waals surface area contributed by atoms with Crippen molar-refractivity contribution in [1.29, 1.82) is 0 Å². The van der Waals surface area contributed by atoms with Crippen LogP contribution in [0.2, 0.25) is 0 Å². The van der Waals surface area contributed by atoms with Crippen LogP contribution < -0.4 is 9.80 Å². The van der Waals surface area contributed by atoms with E-state index in [9.17, 15) is 9.18 Å². The molecule has 0 spiro atoms. The van der Waals surface area contributed by atoms with Gasteiger partial charge >= 0.3 is 0 Å². The highest BCUT2D eigenvalue weighted by Crippen LogP contribution is 2.28. The third-order valence-electron chi connectivity index (χ3n) is 5.26. The number of carbonyl (C=O) groups is 1. The largest absolute Gasteiger partial charge is 0.354 e. The van der Waals surface area contributed by atoms with Crippen LogP contribution in [0, 0.1) is 0 Å². The highest BCUT2D eigenvalue weighted by atomic mass is 19.1. The summed E-state index contributed by atoms with van der Waals surface area (Å²) >= 11 is 0. The molecule has 0 N–H and O–H groups in total. The maximum absolute atomic E-state index is 13.6. The Labute approximate surface area is 161 Å². The monoisotopic (exact) mass is 381 g/mol. The van der Waals surface area contributed by atoms with E-state index in [1.54, 1.807) is 32.9 Å². The number of hydrogen-bond donors (Lipinski definition) is 0. The highest BCUT2D eigenvalue weighted by Gasteiger charge is 2.32. The minimum absolute atomic E-state index is 0.0823. The number of rotatable bonds is 3. The molecule has 1 fully saturated rings. The second-order valence-corrected chi connectivity index (χ2v) is 7.26. The molecule has 5 heterocycles. The van der Waals surface area contributed by atoms with Crippen molar-refractivity contribution in [3.63, 3.8) is 0 Å². The van der Waals surface area contributed by atoms with E-state index in [0.717, 1.165) is 35.9 Å². The lowest BCUT2D eigenvalue weighted by Gasteiger charge is -2.29. The van der Waals surface area contributed by atoms with Crippen LogP contribution in [0.5, 0.6) is 0 Å². The zero-order valence-corrected chi connectivity index (χ0v) is 15.5. The van der Waals surface area contributed by atoms with Gasteiger partial charge in [0.15, 0.2) is 0 Å². The van der Waals surface area contributed by atoms with Crippen molar-refractivity contribution < 1.29 is 9.18 Å². The molecule has 3 aromatic rings. The predicted octanol–water partition coefficient (Wildman–Crippen LogP) is 2.10. The molecule has 28 heavy (non-hydrogen) atoms. The Morgan fingerprint density at radius 2 is 2.07 bits per heavy atom. The molecule has 1 saturated heterocycles. The summed E-state index contributed by atoms with van der Waals surface area (Å²) in [6.45, 7) is 1.63. The molecule has 144 valence electrons. The number of anilines is 2. The standard InChI is InChI=1S/C19H20FN7O/c1-24-10-15(8-22-24)26-12-17-16(19(26)28)11-27(23-17)14-4-5-18(21-7-14)25-6-2-3-13(20)9-25/h4-5,7-8,10-11,13H,2-3,6,9,12H2,1H3/t13-/m1/s1. The molecule has 5 rings (SSSR count). The van der Waals surface area contributed by atoms with Crippen molar-refractivity contribution in [1.82, 2.24) is 24.5 Å². The van der Waals surface area contributed by atoms with Crippen LogP contribution in [0.15, 0.2) is 36.9 Å². The number of alkyl halides is 1. The Balaban J connectivity index is 1.35. The lowest BCUT2D eigenvalue weighted by molar-refractivity contribution is 0.0996. The fourth-order valence-electron chi connectivity index (χ4n) is 3.79. The topological polar surface area (TPSA) is 72.1 Å². The van der Waals surface area contributed by atoms with Gasteiger partial charge in [-0.1, -0.05) is 0 Å². The van der Waals surface area contributed by atoms with Crippen molar-refractivity contribution in [2.24, 2.45) is 7.05 Å². The van der Waals surface area contributed by atoms with Crippen LogP contribution in [0.1, 0.15) is 28.9 Å². The van der Waals surface area contributed by atoms with Crippen molar-refractivity contribution in [2.45, 2.75) is 25.6 Å². The Bertz CT molecular complexity index is 1030. The third kappa shape index (κ3) is 2.83. The number of fused-ring (bicyclic) bond motifs is 1. The maximum Gasteiger partial charge on any atom is 0.262 e. The Morgan fingerprint density at radius 1 is 1.18 bits per heavy atom. The summed E-state index contributed by atoms with van der Waals surface area (Å²) < 4.78 is 17.0. The molecule has 0 bridgehead atoms. The molecule has 0 aromatic carbocycles. The zero-order chi connectivity index (χ0) is 19.3. The molecule has 1 atom stereocenters. The van der Waals surface area contributed by atoms with Gasteiger partial charge < -0.3 is 4.90 Å². The van der Waals surface area contributed by atoms with Gasteiger partial charge in [-0.15, -0.1) is 0 Å². The minimum Gasteiger partial charge on any atom is -0.354 e. The van der Waals surface area contributed by atoms with Crippen LogP contribution in [0.3, 0.4) is 0 Å². The molecular formula is C19H20FN7O. The van der Waals surface area contributed by atoms with Crippen LogP contribution in [-0.4, -0.2) is 49.7 Å². The third-order valence-corrected chi connectivity index (χ3v) is 5.26. The molecule has 2 aliphatic rings. The van der Waals surface area contributed by atoms with Crippen molar-refractivity contribution in [2.75, 3.05) is 22.9 Å². The SMILES string of the molecule is Cn1cc(N2Cc3nn(-c4ccc(N5CCC[C@@H](F)C5)nc4)cc3C2=O)cn1. The van der Waals surface area contributed by atoms with E-state index >= 15 is 0 Å². The predicted molar refractivity (Wildman–Crippen MR) is 101 cm³/mol. The Morgan fingerprint density at radius 3 is 2.75 bits per heavy atom. The van der Waals surface area contributed by atoms with Gasteiger partial charge in [0.2, 0.25) is 0 Å². The van der Waals surface area contributed by atoms with Crippen LogP contribution >= 0.6 is 0 Å². The molecule has 0 saturated carbocycles. The lowest BCUT2D eigenvalue weighted by atomic mass is 10.1. The van der Waals surface area contributed by atoms with Gasteiger partial charge in [-0.25, -0.2) is 14.1 Å². The molecule has 8 nitrogen and oxygen atoms in total. The normalized spacial score (nSPS) is 19.4. The van der Waals surface area contributed by atoms with Crippen LogP contribution in [-0.2, 0) is 13.6 Å². The molecule has 0 aliphatic carbocycles. The van der Waals surface area contributed by atoms with E-state index in [-0.39, 0.29) is 5.91 Å². The fourth-order valence-corrected chi connectivity index (χ4v) is 3.79. The first kappa shape index (κ1) is 16.9. The van der Waals surface area contributed by atoms with E-state index in [1.165, 1.54) is 0 Å². The lowest BCUT2D eigenvalue weighted by Crippen LogP contribution is -2.36. The molecular weight excluding hydrogens is 361 g/mol. The number of carbonyl (C=O) groups excluding carboxylic acids is 1. The second kappa shape index (κ2) is 6.43. The summed E-state index contributed by atoms with van der Waals surface area (Å²) in [5.41, 5.74) is 2.85. The van der Waals surface area contributed by atoms with Gasteiger partial charge in [0.25, 0.3) is 5.91 Å². The summed E-state index contributed by atoms with van der Waals surface area (Å²) in [4.78, 5) is 20.8. The molecule has 1 amide bonds. The number of aromatic nitrogens is 5. The molecule has 2 aliphatic heterocycles. The zero-order valence-electron chi connectivity index (χ0n) is 15.5. The molecule has 0 unspecified atom stereocenters. The molecule has 0 radical (unpaired) electrons. The number of halogens is 1. The molecule has 9 heteroatoms. The summed E-state index contributed by atoms with van der Waals surface area (Å²) in [7, 11) is 1.82. The van der Waals surface area contributed by atoms with E-state index in [0.29, 0.717) is 25.1 Å². The number of piperidine rings is 1. The number of aryl methyl sites for hydroxylation is 1. The number of hydrogen-bond acceptors (Lipinski definition) is 5. The number of amides is 1. The van der Waals surface area contributed by atoms with Gasteiger partial charge in [0.05, 0.1) is 48.1 Å². The number of pyridine rings is 1. The van der Waals surface area contributed by atoms with Gasteiger partial charge in [0.1, 0.15) is 12.0 Å². The first-order valence-electron chi connectivity index (χ1n) is 9.33. The van der Waals surface area contributed by atoms with E-state index in [4.69, 9.17) is 0 Å². The van der Waals surface area contributed by atoms with Gasteiger partial charge in [-0.05, 0) is 25.0 Å². The van der Waals surface area contributed by atoms with Crippen LogP contribution in [0.4, 0.5) is 15.9 Å². The smallest absolute Gasteiger partial charge is 0.262 e. The quantitative estimate of drug-likeness (QED) is 0.695. The first-order chi connectivity index (χ1) is 13.6. The van der Waals surface area contributed by atoms with Gasteiger partial charge in [-0.2, -0.15) is 10.2 Å². The highest BCUT2D eigenvalue weighted by molar-refractivity contribution is 6.09. The van der Waals surface area contributed by atoms with Gasteiger partial charge in [-0.3, -0.25) is 14.4 Å². The second-order valence-electron chi connectivity index (χ2n) is 7.26. The van der Waals surface area contributed by atoms with E-state index in [1.807, 2.05) is 30.3 Å². The molecule has 3 aromatic heterocycles. The summed E-state index contributed by atoms with van der Waals surface area (Å²) in [5, 5.41) is 8.68. The Kier molecular flexibility index (Phi) is 3.88. The van der Waals surface area contributed by atoms with E-state index < -0.39 is 6.17 Å². The maximum atomic E-state index is 13.6. The summed E-state index contributed by atoms with van der Waals surface area (Å²) in [6, 6.07) is 3.78. The average Bonchev–Trinajstić information content (AvgIpc) is 3.38. The van der Waals surface area contributed by atoms with Gasteiger partial charge in [0, 0.05) is 26.0 Å². The Hall–Kier alpha value is -3.23. The fraction of sp³-hybridized carbons (Fsp3) is 0.368. The van der Waals surface area contributed by atoms with Crippen molar-refractivity contribution >= 4 is 17.4 Å². The summed E-state index contributed by atoms with van der Waals surface area (Å²) in [5.74, 6) is 0.686. The average molecular weight is 381 g/mol. The van der Waals surface area contributed by atoms with Crippen molar-refractivity contribution in [3.05, 3.63) is 48.2 Å². The van der Waals surface area contributed by atoms with Crippen molar-refractivity contribution in [3.8, 4) is 5.69 Å². The van der Waals surface area contributed by atoms with E-state index in [2.05, 4.69) is 15.2 Å². The first-order valence-corrected chi connectivity index (χ1v) is 9.33.